The van der Waals surface area contributed by atoms with Gasteiger partial charge in [-0.1, -0.05) is 0 Å². The Morgan fingerprint density at radius 2 is 2.33 bits per heavy atom. The summed E-state index contributed by atoms with van der Waals surface area (Å²) in [4.78, 5) is 0. The lowest BCUT2D eigenvalue weighted by Gasteiger charge is -2.23. The van der Waals surface area contributed by atoms with Crippen molar-refractivity contribution < 1.29 is 15.3 Å². The first-order chi connectivity index (χ1) is 4.19. The van der Waals surface area contributed by atoms with E-state index in [2.05, 4.69) is 5.32 Å². The standard InChI is InChI=1S/C5H11NO3/c7-3-5(9)4(8)1-2-6-5/h4,6-9H,1-3H2/t4-,5+/m0/s1. The van der Waals surface area contributed by atoms with E-state index in [-0.39, 0.29) is 0 Å². The van der Waals surface area contributed by atoms with Crippen LogP contribution in [0.1, 0.15) is 6.42 Å². The fourth-order valence-electron chi connectivity index (χ4n) is 0.943. The summed E-state index contributed by atoms with van der Waals surface area (Å²) < 4.78 is 0. The summed E-state index contributed by atoms with van der Waals surface area (Å²) >= 11 is 0. The molecular formula is C5H11NO3. The zero-order valence-corrected chi connectivity index (χ0v) is 5.04. The van der Waals surface area contributed by atoms with Crippen LogP contribution < -0.4 is 5.32 Å². The van der Waals surface area contributed by atoms with E-state index >= 15 is 0 Å². The number of hydrogen-bond donors (Lipinski definition) is 4. The molecule has 0 aromatic rings. The summed E-state index contributed by atoms with van der Waals surface area (Å²) in [6.07, 6.45) is -0.334. The van der Waals surface area contributed by atoms with Crippen LogP contribution in [-0.2, 0) is 0 Å². The zero-order valence-electron chi connectivity index (χ0n) is 5.04. The Balaban J connectivity index is 2.56. The molecule has 1 saturated heterocycles. The third-order valence-corrected chi connectivity index (χ3v) is 1.64. The molecular weight excluding hydrogens is 122 g/mol. The quantitative estimate of drug-likeness (QED) is 0.334. The van der Waals surface area contributed by atoms with E-state index in [0.717, 1.165) is 0 Å². The molecule has 0 amide bonds. The number of aliphatic hydroxyl groups excluding tert-OH is 2. The average Bonchev–Trinajstić information content (AvgIpc) is 2.15. The molecule has 0 aromatic heterocycles. The van der Waals surface area contributed by atoms with Crippen LogP contribution in [0, 0.1) is 0 Å². The predicted octanol–water partition coefficient (Wildman–Crippen LogP) is -1.98. The third-order valence-electron chi connectivity index (χ3n) is 1.64. The van der Waals surface area contributed by atoms with Crippen molar-refractivity contribution in [3.8, 4) is 0 Å². The second kappa shape index (κ2) is 2.22. The van der Waals surface area contributed by atoms with Gasteiger partial charge in [-0.25, -0.2) is 0 Å². The van der Waals surface area contributed by atoms with Gasteiger partial charge < -0.3 is 15.3 Å². The van der Waals surface area contributed by atoms with Gasteiger partial charge in [0.05, 0.1) is 12.7 Å². The van der Waals surface area contributed by atoms with E-state index in [0.29, 0.717) is 13.0 Å². The Kier molecular flexibility index (Phi) is 1.72. The number of aliphatic hydroxyl groups is 3. The van der Waals surface area contributed by atoms with Crippen molar-refractivity contribution in [3.05, 3.63) is 0 Å². The first-order valence-corrected chi connectivity index (χ1v) is 2.95. The van der Waals surface area contributed by atoms with Crippen LogP contribution >= 0.6 is 0 Å². The van der Waals surface area contributed by atoms with Crippen molar-refractivity contribution in [1.29, 1.82) is 0 Å². The smallest absolute Gasteiger partial charge is 0.165 e. The number of hydrogen-bond acceptors (Lipinski definition) is 4. The summed E-state index contributed by atoms with van der Waals surface area (Å²) in [7, 11) is 0. The molecule has 0 aromatic carbocycles. The second-order valence-corrected chi connectivity index (χ2v) is 2.31. The fourth-order valence-corrected chi connectivity index (χ4v) is 0.943. The van der Waals surface area contributed by atoms with Gasteiger partial charge in [0, 0.05) is 6.54 Å². The first kappa shape index (κ1) is 6.95. The van der Waals surface area contributed by atoms with E-state index in [1.807, 2.05) is 0 Å². The van der Waals surface area contributed by atoms with Gasteiger partial charge in [0.1, 0.15) is 0 Å². The molecule has 2 atom stereocenters. The molecule has 1 fully saturated rings. The minimum Gasteiger partial charge on any atom is -0.392 e. The van der Waals surface area contributed by atoms with E-state index in [4.69, 9.17) is 15.3 Å². The minimum absolute atomic E-state index is 0.436. The summed E-state index contributed by atoms with van der Waals surface area (Å²) in [6, 6.07) is 0. The van der Waals surface area contributed by atoms with Crippen molar-refractivity contribution in [2.45, 2.75) is 18.2 Å². The molecule has 1 aliphatic rings. The van der Waals surface area contributed by atoms with E-state index in [1.165, 1.54) is 0 Å². The van der Waals surface area contributed by atoms with Gasteiger partial charge in [-0.2, -0.15) is 0 Å². The van der Waals surface area contributed by atoms with Gasteiger partial charge in [0.15, 0.2) is 5.72 Å². The van der Waals surface area contributed by atoms with Crippen LogP contribution in [0.2, 0.25) is 0 Å². The van der Waals surface area contributed by atoms with Gasteiger partial charge in [0.25, 0.3) is 0 Å². The Bertz CT molecular complexity index is 108. The molecule has 1 aliphatic heterocycles. The van der Waals surface area contributed by atoms with Crippen molar-refractivity contribution >= 4 is 0 Å². The lowest BCUT2D eigenvalue weighted by atomic mass is 10.1. The highest BCUT2D eigenvalue weighted by atomic mass is 16.4. The largest absolute Gasteiger partial charge is 0.392 e. The Hall–Kier alpha value is -0.160. The van der Waals surface area contributed by atoms with E-state index in [1.54, 1.807) is 0 Å². The fraction of sp³-hybridized carbons (Fsp3) is 1.00. The molecule has 4 N–H and O–H groups in total. The summed E-state index contributed by atoms with van der Waals surface area (Å²) in [5.74, 6) is 0. The van der Waals surface area contributed by atoms with Gasteiger partial charge in [-0.3, -0.25) is 5.32 Å². The van der Waals surface area contributed by atoms with Crippen LogP contribution in [-0.4, -0.2) is 40.3 Å². The maximum Gasteiger partial charge on any atom is 0.165 e. The van der Waals surface area contributed by atoms with Crippen molar-refractivity contribution in [1.82, 2.24) is 5.32 Å². The zero-order chi connectivity index (χ0) is 6.91. The molecule has 9 heavy (non-hydrogen) atoms. The Morgan fingerprint density at radius 1 is 1.67 bits per heavy atom. The molecule has 54 valence electrons. The monoisotopic (exact) mass is 133 g/mol. The maximum absolute atomic E-state index is 9.16. The second-order valence-electron chi connectivity index (χ2n) is 2.31. The molecule has 0 aliphatic carbocycles. The van der Waals surface area contributed by atoms with E-state index in [9.17, 15) is 0 Å². The van der Waals surface area contributed by atoms with E-state index < -0.39 is 18.4 Å². The lowest BCUT2D eigenvalue weighted by Crippen LogP contribution is -2.50. The van der Waals surface area contributed by atoms with Crippen molar-refractivity contribution in [2.75, 3.05) is 13.2 Å². The predicted molar refractivity (Wildman–Crippen MR) is 30.7 cm³/mol. The van der Waals surface area contributed by atoms with Gasteiger partial charge >= 0.3 is 0 Å². The SMILES string of the molecule is OC[C@]1(O)NCC[C@@H]1O. The Labute approximate surface area is 53.1 Å². The van der Waals surface area contributed by atoms with Gasteiger partial charge in [-0.05, 0) is 6.42 Å². The highest BCUT2D eigenvalue weighted by Crippen LogP contribution is 2.15. The molecule has 0 spiro atoms. The molecule has 4 heteroatoms. The average molecular weight is 133 g/mol. The van der Waals surface area contributed by atoms with Crippen LogP contribution in [0.5, 0.6) is 0 Å². The number of rotatable bonds is 1. The minimum atomic E-state index is -1.44. The topological polar surface area (TPSA) is 72.7 Å². The van der Waals surface area contributed by atoms with Crippen LogP contribution in [0.25, 0.3) is 0 Å². The molecule has 1 rings (SSSR count). The van der Waals surface area contributed by atoms with Crippen molar-refractivity contribution in [3.63, 3.8) is 0 Å². The molecule has 0 radical (unpaired) electrons. The molecule has 0 bridgehead atoms. The molecule has 0 unspecified atom stereocenters. The third kappa shape index (κ3) is 1.07. The first-order valence-electron chi connectivity index (χ1n) is 2.95. The maximum atomic E-state index is 9.16. The lowest BCUT2D eigenvalue weighted by molar-refractivity contribution is -0.0997. The Morgan fingerprint density at radius 3 is 2.56 bits per heavy atom. The van der Waals surface area contributed by atoms with Crippen molar-refractivity contribution in [2.24, 2.45) is 0 Å². The van der Waals surface area contributed by atoms with Crippen LogP contribution in [0.3, 0.4) is 0 Å². The van der Waals surface area contributed by atoms with Crippen LogP contribution in [0.15, 0.2) is 0 Å². The number of nitrogens with one attached hydrogen (secondary N) is 1. The van der Waals surface area contributed by atoms with Gasteiger partial charge in [-0.15, -0.1) is 0 Å². The summed E-state index contributed by atoms with van der Waals surface area (Å²) in [6.45, 7) is 0.117. The van der Waals surface area contributed by atoms with Gasteiger partial charge in [0.2, 0.25) is 0 Å². The summed E-state index contributed by atoms with van der Waals surface area (Å²) in [5.41, 5.74) is -1.44. The normalized spacial score (nSPS) is 43.7. The summed E-state index contributed by atoms with van der Waals surface area (Å²) in [5, 5.41) is 29.2. The van der Waals surface area contributed by atoms with Crippen LogP contribution in [0.4, 0.5) is 0 Å². The molecule has 0 saturated carbocycles. The highest BCUT2D eigenvalue weighted by molar-refractivity contribution is 4.89. The molecule has 4 nitrogen and oxygen atoms in total. The molecule has 1 heterocycles. The highest BCUT2D eigenvalue weighted by Gasteiger charge is 2.38.